The fourth-order valence-corrected chi connectivity index (χ4v) is 3.75. The summed E-state index contributed by atoms with van der Waals surface area (Å²) in [7, 11) is 0. The first-order chi connectivity index (χ1) is 9.61. The number of aromatic nitrogens is 1. The normalized spacial score (nSPS) is 10.5. The number of para-hydroxylation sites is 1. The van der Waals surface area contributed by atoms with Crippen molar-refractivity contribution in [2.45, 2.75) is 18.1 Å². The molecule has 2 rings (SSSR count). The topological polar surface area (TPSA) is 59.2 Å². The monoisotopic (exact) mass is 307 g/mol. The van der Waals surface area contributed by atoms with Gasteiger partial charge in [0, 0.05) is 12.2 Å². The van der Waals surface area contributed by atoms with Gasteiger partial charge in [-0.25, -0.2) is 4.98 Å². The largest absolute Gasteiger partial charge is 0.375 e. The third-order valence-electron chi connectivity index (χ3n) is 2.78. The Morgan fingerprint density at radius 2 is 2.10 bits per heavy atom. The average Bonchev–Trinajstić information content (AvgIpc) is 2.77. The summed E-state index contributed by atoms with van der Waals surface area (Å²) in [5.41, 5.74) is 7.49. The van der Waals surface area contributed by atoms with Gasteiger partial charge in [0.1, 0.15) is 0 Å². The first-order valence-electron chi connectivity index (χ1n) is 6.33. The van der Waals surface area contributed by atoms with Crippen molar-refractivity contribution in [3.05, 3.63) is 36.0 Å². The van der Waals surface area contributed by atoms with Gasteiger partial charge in [0.2, 0.25) is 5.91 Å². The molecular formula is C14H17N3OS2. The Balaban J connectivity index is 2.02. The standard InChI is InChI=1S/C14H17N3OS2/c1-3-17(11-7-5-4-6-8-11)12(18)9-19-13-10(2)16-14(15)20-13/h4-8H,3,9H2,1-2H3,(H2,15,16). The number of hydrogen-bond donors (Lipinski definition) is 1. The fraction of sp³-hybridized carbons (Fsp3) is 0.286. The summed E-state index contributed by atoms with van der Waals surface area (Å²) in [4.78, 5) is 18.3. The molecule has 6 heteroatoms. The molecule has 0 saturated carbocycles. The van der Waals surface area contributed by atoms with Crippen LogP contribution in [0.25, 0.3) is 0 Å². The lowest BCUT2D eigenvalue weighted by Gasteiger charge is -2.20. The molecule has 1 heterocycles. The van der Waals surface area contributed by atoms with Gasteiger partial charge in [0.05, 0.1) is 15.7 Å². The number of hydrogen-bond acceptors (Lipinski definition) is 5. The number of amides is 1. The maximum absolute atomic E-state index is 12.3. The number of thiazole rings is 1. The number of rotatable bonds is 5. The predicted molar refractivity (Wildman–Crippen MR) is 86.5 cm³/mol. The van der Waals surface area contributed by atoms with E-state index in [0.717, 1.165) is 15.6 Å². The Kier molecular flexibility index (Phi) is 5.03. The van der Waals surface area contributed by atoms with Gasteiger partial charge < -0.3 is 10.6 Å². The van der Waals surface area contributed by atoms with E-state index in [2.05, 4.69) is 4.98 Å². The lowest BCUT2D eigenvalue weighted by molar-refractivity contribution is -0.116. The predicted octanol–water partition coefficient (Wildman–Crippen LogP) is 3.18. The molecule has 2 aromatic rings. The molecular weight excluding hydrogens is 290 g/mol. The third kappa shape index (κ3) is 3.52. The highest BCUT2D eigenvalue weighted by molar-refractivity contribution is 8.01. The van der Waals surface area contributed by atoms with E-state index < -0.39 is 0 Å². The van der Waals surface area contributed by atoms with E-state index in [1.54, 1.807) is 4.90 Å². The van der Waals surface area contributed by atoms with E-state index in [-0.39, 0.29) is 5.91 Å². The van der Waals surface area contributed by atoms with Crippen molar-refractivity contribution in [2.24, 2.45) is 0 Å². The van der Waals surface area contributed by atoms with Gasteiger partial charge in [-0.3, -0.25) is 4.79 Å². The van der Waals surface area contributed by atoms with Crippen LogP contribution in [0.1, 0.15) is 12.6 Å². The second-order valence-corrected chi connectivity index (χ2v) is 6.46. The van der Waals surface area contributed by atoms with Gasteiger partial charge in [-0.1, -0.05) is 29.5 Å². The van der Waals surface area contributed by atoms with Crippen LogP contribution in [0.4, 0.5) is 10.8 Å². The molecule has 0 unspecified atom stereocenters. The second kappa shape index (κ2) is 6.76. The van der Waals surface area contributed by atoms with Crippen LogP contribution in [0, 0.1) is 6.92 Å². The van der Waals surface area contributed by atoms with Crippen molar-refractivity contribution < 1.29 is 4.79 Å². The van der Waals surface area contributed by atoms with E-state index in [9.17, 15) is 4.79 Å². The molecule has 0 aliphatic rings. The molecule has 0 radical (unpaired) electrons. The molecule has 1 amide bonds. The van der Waals surface area contributed by atoms with Crippen LogP contribution in [0.15, 0.2) is 34.5 Å². The smallest absolute Gasteiger partial charge is 0.237 e. The fourth-order valence-electron chi connectivity index (χ4n) is 1.85. The molecule has 4 nitrogen and oxygen atoms in total. The highest BCUT2D eigenvalue weighted by atomic mass is 32.2. The minimum Gasteiger partial charge on any atom is -0.375 e. The number of anilines is 2. The molecule has 0 spiro atoms. The molecule has 0 bridgehead atoms. The van der Waals surface area contributed by atoms with Gasteiger partial charge in [-0.05, 0) is 26.0 Å². The van der Waals surface area contributed by atoms with Crippen LogP contribution < -0.4 is 10.6 Å². The number of carbonyl (C=O) groups excluding carboxylic acids is 1. The van der Waals surface area contributed by atoms with Crippen molar-refractivity contribution in [1.29, 1.82) is 0 Å². The van der Waals surface area contributed by atoms with Gasteiger partial charge in [0.15, 0.2) is 5.13 Å². The molecule has 106 valence electrons. The first-order valence-corrected chi connectivity index (χ1v) is 8.13. The number of nitrogen functional groups attached to an aromatic ring is 1. The summed E-state index contributed by atoms with van der Waals surface area (Å²) >= 11 is 2.93. The van der Waals surface area contributed by atoms with Gasteiger partial charge in [-0.15, -0.1) is 11.8 Å². The van der Waals surface area contributed by atoms with Gasteiger partial charge >= 0.3 is 0 Å². The zero-order chi connectivity index (χ0) is 14.5. The van der Waals surface area contributed by atoms with Crippen molar-refractivity contribution in [1.82, 2.24) is 4.98 Å². The summed E-state index contributed by atoms with van der Waals surface area (Å²) in [6.07, 6.45) is 0. The Hall–Kier alpha value is -1.53. The number of thioether (sulfide) groups is 1. The highest BCUT2D eigenvalue weighted by Crippen LogP contribution is 2.30. The quantitative estimate of drug-likeness (QED) is 0.862. The van der Waals surface area contributed by atoms with E-state index in [1.165, 1.54) is 23.1 Å². The van der Waals surface area contributed by atoms with Crippen molar-refractivity contribution >= 4 is 39.8 Å². The molecule has 0 aliphatic carbocycles. The van der Waals surface area contributed by atoms with Crippen LogP contribution >= 0.6 is 23.1 Å². The van der Waals surface area contributed by atoms with Crippen LogP contribution in [-0.2, 0) is 4.79 Å². The number of aryl methyl sites for hydroxylation is 1. The zero-order valence-corrected chi connectivity index (χ0v) is 13.1. The average molecular weight is 307 g/mol. The molecule has 0 saturated heterocycles. The van der Waals surface area contributed by atoms with Gasteiger partial charge in [-0.2, -0.15) is 0 Å². The van der Waals surface area contributed by atoms with Crippen LogP contribution in [0.5, 0.6) is 0 Å². The van der Waals surface area contributed by atoms with E-state index in [4.69, 9.17) is 5.73 Å². The minimum absolute atomic E-state index is 0.0927. The van der Waals surface area contributed by atoms with Gasteiger partial charge in [0.25, 0.3) is 0 Å². The van der Waals surface area contributed by atoms with Crippen LogP contribution in [0.2, 0.25) is 0 Å². The second-order valence-electron chi connectivity index (χ2n) is 4.19. The Morgan fingerprint density at radius 1 is 1.40 bits per heavy atom. The molecule has 1 aromatic carbocycles. The van der Waals surface area contributed by atoms with E-state index in [0.29, 0.717) is 17.4 Å². The molecule has 20 heavy (non-hydrogen) atoms. The van der Waals surface area contributed by atoms with Crippen molar-refractivity contribution in [2.75, 3.05) is 22.9 Å². The highest BCUT2D eigenvalue weighted by Gasteiger charge is 2.15. The summed E-state index contributed by atoms with van der Waals surface area (Å²) in [6.45, 7) is 4.55. The van der Waals surface area contributed by atoms with Crippen LogP contribution in [0.3, 0.4) is 0 Å². The first kappa shape index (κ1) is 14.9. The Morgan fingerprint density at radius 3 is 2.65 bits per heavy atom. The Bertz CT molecular complexity index is 583. The SMILES string of the molecule is CCN(C(=O)CSc1sc(N)nc1C)c1ccccc1. The number of benzene rings is 1. The zero-order valence-electron chi connectivity index (χ0n) is 11.5. The van der Waals surface area contributed by atoms with E-state index >= 15 is 0 Å². The minimum atomic E-state index is 0.0927. The molecule has 2 N–H and O–H groups in total. The van der Waals surface area contributed by atoms with Crippen molar-refractivity contribution in [3.8, 4) is 0 Å². The molecule has 0 aliphatic heterocycles. The number of nitrogens with two attached hydrogens (primary N) is 1. The Labute approximate surface area is 127 Å². The molecule has 0 atom stereocenters. The lowest BCUT2D eigenvalue weighted by Crippen LogP contribution is -2.32. The van der Waals surface area contributed by atoms with E-state index in [1.807, 2.05) is 44.2 Å². The number of nitrogens with zero attached hydrogens (tertiary/aromatic N) is 2. The molecule has 0 fully saturated rings. The van der Waals surface area contributed by atoms with Crippen LogP contribution in [-0.4, -0.2) is 23.2 Å². The summed E-state index contributed by atoms with van der Waals surface area (Å²) in [6, 6.07) is 9.71. The third-order valence-corrected chi connectivity index (χ3v) is 5.12. The summed E-state index contributed by atoms with van der Waals surface area (Å²) in [5, 5.41) is 0.549. The summed E-state index contributed by atoms with van der Waals surface area (Å²) in [5.74, 6) is 0.487. The maximum Gasteiger partial charge on any atom is 0.237 e. The number of carbonyl (C=O) groups is 1. The molecule has 1 aromatic heterocycles. The lowest BCUT2D eigenvalue weighted by atomic mass is 10.3. The summed E-state index contributed by atoms with van der Waals surface area (Å²) < 4.78 is 1.01. The maximum atomic E-state index is 12.3. The van der Waals surface area contributed by atoms with Crippen molar-refractivity contribution in [3.63, 3.8) is 0 Å².